The van der Waals surface area contributed by atoms with Gasteiger partial charge in [0.05, 0.1) is 6.61 Å². The van der Waals surface area contributed by atoms with Gasteiger partial charge in [-0.2, -0.15) is 0 Å². The van der Waals surface area contributed by atoms with Crippen LogP contribution in [0.15, 0.2) is 48.5 Å². The van der Waals surface area contributed by atoms with E-state index in [1.54, 1.807) is 12.1 Å². The molecule has 0 atom stereocenters. The van der Waals surface area contributed by atoms with Crippen LogP contribution < -0.4 is 5.32 Å². The fraction of sp³-hybridized carbons (Fsp3) is 0.400. The van der Waals surface area contributed by atoms with Crippen LogP contribution >= 0.6 is 0 Å². The number of rotatable bonds is 6. The summed E-state index contributed by atoms with van der Waals surface area (Å²) in [6.45, 7) is 3.68. The first-order chi connectivity index (χ1) is 11.7. The molecule has 2 aromatic carbocycles. The molecule has 0 aromatic heterocycles. The summed E-state index contributed by atoms with van der Waals surface area (Å²) in [6.07, 6.45) is 2.25. The molecule has 3 nitrogen and oxygen atoms in total. The van der Waals surface area contributed by atoms with E-state index in [1.165, 1.54) is 11.6 Å². The molecule has 1 aliphatic heterocycles. The van der Waals surface area contributed by atoms with Gasteiger partial charge < -0.3 is 10.4 Å². The van der Waals surface area contributed by atoms with Crippen molar-refractivity contribution in [1.82, 2.24) is 10.2 Å². The Morgan fingerprint density at radius 2 is 1.79 bits per heavy atom. The maximum atomic E-state index is 13.4. The van der Waals surface area contributed by atoms with E-state index in [1.807, 2.05) is 0 Å². The lowest BCUT2D eigenvalue weighted by Crippen LogP contribution is -2.41. The Balaban J connectivity index is 1.44. The van der Waals surface area contributed by atoms with Crippen LogP contribution in [0.1, 0.15) is 29.5 Å². The fourth-order valence-corrected chi connectivity index (χ4v) is 3.26. The maximum Gasteiger partial charge on any atom is 0.128 e. The summed E-state index contributed by atoms with van der Waals surface area (Å²) in [4.78, 5) is 2.50. The minimum atomic E-state index is -0.338. The molecule has 128 valence electrons. The van der Waals surface area contributed by atoms with E-state index >= 15 is 0 Å². The maximum absolute atomic E-state index is 13.4. The molecule has 2 aromatic rings. The molecule has 0 spiro atoms. The number of nitrogens with one attached hydrogen (secondary N) is 1. The minimum Gasteiger partial charge on any atom is -0.392 e. The first-order valence-corrected chi connectivity index (χ1v) is 8.62. The molecule has 0 amide bonds. The average Bonchev–Trinajstić information content (AvgIpc) is 2.63. The van der Waals surface area contributed by atoms with Crippen molar-refractivity contribution < 1.29 is 9.50 Å². The number of aliphatic hydroxyl groups is 1. The monoisotopic (exact) mass is 328 g/mol. The van der Waals surface area contributed by atoms with Gasteiger partial charge >= 0.3 is 0 Å². The van der Waals surface area contributed by atoms with Crippen LogP contribution in [0.5, 0.6) is 0 Å². The standard InChI is InChI=1S/C20H25FN2O/c21-20-7-6-17(12-18(20)15-24)13-22-19-8-10-23(11-9-19)14-16-4-2-1-3-5-16/h1-7,12,19,22,24H,8-11,13-15H2. The zero-order valence-corrected chi connectivity index (χ0v) is 13.9. The molecule has 0 aliphatic carbocycles. The number of aliphatic hydroxyl groups excluding tert-OH is 1. The van der Waals surface area contributed by atoms with Gasteiger partial charge in [-0.05, 0) is 49.2 Å². The molecular weight excluding hydrogens is 303 g/mol. The van der Waals surface area contributed by atoms with E-state index < -0.39 is 0 Å². The third-order valence-corrected chi connectivity index (χ3v) is 4.71. The summed E-state index contributed by atoms with van der Waals surface area (Å²) in [5.74, 6) is -0.338. The van der Waals surface area contributed by atoms with Gasteiger partial charge in [0.1, 0.15) is 5.82 Å². The van der Waals surface area contributed by atoms with Crippen LogP contribution in [-0.2, 0) is 19.7 Å². The van der Waals surface area contributed by atoms with E-state index in [9.17, 15) is 4.39 Å². The predicted octanol–water partition coefficient (Wildman–Crippen LogP) is 3.07. The predicted molar refractivity (Wildman–Crippen MR) is 93.9 cm³/mol. The number of hydrogen-bond acceptors (Lipinski definition) is 3. The minimum absolute atomic E-state index is 0.252. The lowest BCUT2D eigenvalue weighted by Gasteiger charge is -2.32. The first-order valence-electron chi connectivity index (χ1n) is 8.62. The molecule has 0 bridgehead atoms. The van der Waals surface area contributed by atoms with E-state index in [0.717, 1.165) is 44.6 Å². The molecule has 1 aliphatic rings. The average molecular weight is 328 g/mol. The normalized spacial score (nSPS) is 16.4. The molecule has 2 N–H and O–H groups in total. The van der Waals surface area contributed by atoms with Gasteiger partial charge in [-0.15, -0.1) is 0 Å². The van der Waals surface area contributed by atoms with Gasteiger partial charge in [0.2, 0.25) is 0 Å². The van der Waals surface area contributed by atoms with Crippen LogP contribution in [-0.4, -0.2) is 29.1 Å². The second kappa shape index (κ2) is 8.38. The van der Waals surface area contributed by atoms with E-state index in [0.29, 0.717) is 11.6 Å². The fourth-order valence-electron chi connectivity index (χ4n) is 3.26. The Labute approximate surface area is 143 Å². The lowest BCUT2D eigenvalue weighted by atomic mass is 10.0. The molecule has 1 fully saturated rings. The third kappa shape index (κ3) is 4.63. The molecular formula is C20H25FN2O. The lowest BCUT2D eigenvalue weighted by molar-refractivity contribution is 0.190. The summed E-state index contributed by atoms with van der Waals surface area (Å²) in [7, 11) is 0. The first kappa shape index (κ1) is 17.1. The number of benzene rings is 2. The molecule has 0 radical (unpaired) electrons. The number of nitrogens with zero attached hydrogens (tertiary/aromatic N) is 1. The summed E-state index contributed by atoms with van der Waals surface area (Å²) < 4.78 is 13.4. The van der Waals surface area contributed by atoms with Crippen LogP contribution in [0, 0.1) is 5.82 Å². The van der Waals surface area contributed by atoms with E-state index in [4.69, 9.17) is 5.11 Å². The molecule has 1 saturated heterocycles. The molecule has 1 heterocycles. The van der Waals surface area contributed by atoms with Gasteiger partial charge in [-0.25, -0.2) is 4.39 Å². The summed E-state index contributed by atoms with van der Waals surface area (Å²) in [5, 5.41) is 12.7. The number of halogens is 1. The van der Waals surface area contributed by atoms with Crippen molar-refractivity contribution in [1.29, 1.82) is 0 Å². The van der Waals surface area contributed by atoms with Gasteiger partial charge in [-0.3, -0.25) is 4.90 Å². The van der Waals surface area contributed by atoms with Gasteiger partial charge in [-0.1, -0.05) is 36.4 Å². The van der Waals surface area contributed by atoms with Crippen molar-refractivity contribution in [2.75, 3.05) is 13.1 Å². The molecule has 4 heteroatoms. The van der Waals surface area contributed by atoms with Crippen molar-refractivity contribution >= 4 is 0 Å². The smallest absolute Gasteiger partial charge is 0.128 e. The highest BCUT2D eigenvalue weighted by Crippen LogP contribution is 2.15. The van der Waals surface area contributed by atoms with Crippen molar-refractivity contribution in [2.24, 2.45) is 0 Å². The highest BCUT2D eigenvalue weighted by atomic mass is 19.1. The van der Waals surface area contributed by atoms with Crippen LogP contribution in [0.25, 0.3) is 0 Å². The Bertz CT molecular complexity index is 639. The Hall–Kier alpha value is -1.75. The Kier molecular flexibility index (Phi) is 5.96. The number of hydrogen-bond donors (Lipinski definition) is 2. The Morgan fingerprint density at radius 3 is 2.50 bits per heavy atom. The highest BCUT2D eigenvalue weighted by molar-refractivity contribution is 5.24. The quantitative estimate of drug-likeness (QED) is 0.855. The molecule has 0 unspecified atom stereocenters. The highest BCUT2D eigenvalue weighted by Gasteiger charge is 2.18. The summed E-state index contributed by atoms with van der Waals surface area (Å²) in [5.41, 5.74) is 2.76. The largest absolute Gasteiger partial charge is 0.392 e. The van der Waals surface area contributed by atoms with Gasteiger partial charge in [0.25, 0.3) is 0 Å². The van der Waals surface area contributed by atoms with Gasteiger partial charge in [0, 0.05) is 24.7 Å². The third-order valence-electron chi connectivity index (χ3n) is 4.71. The van der Waals surface area contributed by atoms with Crippen LogP contribution in [0.3, 0.4) is 0 Å². The summed E-state index contributed by atoms with van der Waals surface area (Å²) in [6, 6.07) is 16.1. The van der Waals surface area contributed by atoms with Gasteiger partial charge in [0.15, 0.2) is 0 Å². The number of likely N-dealkylation sites (tertiary alicyclic amines) is 1. The molecule has 3 rings (SSSR count). The van der Waals surface area contributed by atoms with E-state index in [2.05, 4.69) is 40.5 Å². The number of piperidine rings is 1. The van der Waals surface area contributed by atoms with E-state index in [-0.39, 0.29) is 12.4 Å². The molecule has 24 heavy (non-hydrogen) atoms. The zero-order valence-electron chi connectivity index (χ0n) is 13.9. The van der Waals surface area contributed by atoms with Crippen molar-refractivity contribution in [3.8, 4) is 0 Å². The van der Waals surface area contributed by atoms with Crippen LogP contribution in [0.4, 0.5) is 4.39 Å². The summed E-state index contributed by atoms with van der Waals surface area (Å²) >= 11 is 0. The second-order valence-electron chi connectivity index (χ2n) is 6.50. The second-order valence-corrected chi connectivity index (χ2v) is 6.50. The van der Waals surface area contributed by atoms with Crippen molar-refractivity contribution in [3.63, 3.8) is 0 Å². The SMILES string of the molecule is OCc1cc(CNC2CCN(Cc3ccccc3)CC2)ccc1F. The van der Waals surface area contributed by atoms with Crippen LogP contribution in [0.2, 0.25) is 0 Å². The topological polar surface area (TPSA) is 35.5 Å². The van der Waals surface area contributed by atoms with Crippen molar-refractivity contribution in [2.45, 2.75) is 38.6 Å². The Morgan fingerprint density at radius 1 is 1.04 bits per heavy atom. The van der Waals surface area contributed by atoms with Crippen molar-refractivity contribution in [3.05, 3.63) is 71.0 Å². The zero-order chi connectivity index (χ0) is 16.8. The molecule has 0 saturated carbocycles.